The van der Waals surface area contributed by atoms with Crippen molar-refractivity contribution >= 4 is 16.9 Å². The average molecular weight is 515 g/mol. The number of nitrogens with zero attached hydrogens (tertiary/aromatic N) is 6. The Balaban J connectivity index is 1.53. The van der Waals surface area contributed by atoms with Crippen molar-refractivity contribution in [1.82, 2.24) is 24.3 Å². The van der Waals surface area contributed by atoms with Gasteiger partial charge in [-0.2, -0.15) is 18.4 Å². The van der Waals surface area contributed by atoms with Gasteiger partial charge in [0.1, 0.15) is 23.9 Å². The molecule has 0 unspecified atom stereocenters. The van der Waals surface area contributed by atoms with Gasteiger partial charge in [0.15, 0.2) is 5.69 Å². The molecule has 1 fully saturated rings. The zero-order valence-corrected chi connectivity index (χ0v) is 21.3. The molecule has 11 heteroatoms. The van der Waals surface area contributed by atoms with E-state index in [9.17, 15) is 23.2 Å². The first-order valence-corrected chi connectivity index (χ1v) is 12.0. The number of fused-ring (bicyclic) bond motifs is 1. The predicted octanol–water partition coefficient (Wildman–Crippen LogP) is 4.24. The number of imidazole rings is 1. The maximum Gasteiger partial charge on any atom is 0.419 e. The van der Waals surface area contributed by atoms with Crippen LogP contribution in [0.15, 0.2) is 30.6 Å². The van der Waals surface area contributed by atoms with Gasteiger partial charge >= 0.3 is 6.18 Å². The van der Waals surface area contributed by atoms with Gasteiger partial charge in [0, 0.05) is 19.7 Å². The molecule has 1 aliphatic rings. The number of carbonyl (C=O) groups excluding carboxylic acids is 1. The second-order valence-electron chi connectivity index (χ2n) is 9.73. The number of likely N-dealkylation sites (N-methyl/N-ethyl adjacent to an activating group) is 1. The van der Waals surface area contributed by atoms with Crippen LogP contribution in [0.2, 0.25) is 0 Å². The average Bonchev–Trinajstić information content (AvgIpc) is 3.53. The first-order chi connectivity index (χ1) is 17.4. The summed E-state index contributed by atoms with van der Waals surface area (Å²) >= 11 is 0. The van der Waals surface area contributed by atoms with E-state index < -0.39 is 17.3 Å². The van der Waals surface area contributed by atoms with Crippen molar-refractivity contribution in [3.05, 3.63) is 41.9 Å². The van der Waals surface area contributed by atoms with Crippen molar-refractivity contribution in [2.24, 2.45) is 7.05 Å². The van der Waals surface area contributed by atoms with Gasteiger partial charge in [-0.1, -0.05) is 0 Å². The molecular formula is C26H29F3N6O2. The van der Waals surface area contributed by atoms with Gasteiger partial charge in [-0.3, -0.25) is 9.69 Å². The van der Waals surface area contributed by atoms with E-state index in [1.807, 2.05) is 19.9 Å². The maximum atomic E-state index is 14.0. The van der Waals surface area contributed by atoms with E-state index in [0.29, 0.717) is 11.0 Å². The quantitative estimate of drug-likeness (QED) is 0.469. The summed E-state index contributed by atoms with van der Waals surface area (Å²) in [6, 6.07) is 7.24. The number of hydrogen-bond donors (Lipinski definition) is 0. The van der Waals surface area contributed by atoms with Crippen LogP contribution in [0.1, 0.15) is 37.9 Å². The van der Waals surface area contributed by atoms with Crippen molar-refractivity contribution in [3.8, 4) is 23.1 Å². The molecule has 1 saturated heterocycles. The minimum atomic E-state index is -4.68. The molecule has 1 aliphatic heterocycles. The van der Waals surface area contributed by atoms with Gasteiger partial charge in [-0.15, -0.1) is 0 Å². The molecule has 0 saturated carbocycles. The summed E-state index contributed by atoms with van der Waals surface area (Å²) in [6.45, 7) is 5.48. The third kappa shape index (κ3) is 5.25. The van der Waals surface area contributed by atoms with E-state index >= 15 is 0 Å². The molecule has 0 spiro atoms. The Bertz CT molecular complexity index is 1350. The standard InChI is InChI=1S/C26H29F3N6O2/c1-25(2,35-9-5-6-10-35)24(36)33(3)11-12-37-22-8-7-17(13-18(22)26(27,28)29)19-14-21-23(20(15-30)32-19)31-16-34(21)4/h7-8,13-14,16H,5-6,9-12H2,1-4H3. The highest BCUT2D eigenvalue weighted by atomic mass is 19.4. The Hall–Kier alpha value is -3.65. The highest BCUT2D eigenvalue weighted by Crippen LogP contribution is 2.39. The molecule has 0 radical (unpaired) electrons. The molecule has 0 aliphatic carbocycles. The van der Waals surface area contributed by atoms with Gasteiger partial charge in [-0.25, -0.2) is 9.97 Å². The summed E-state index contributed by atoms with van der Waals surface area (Å²) in [5, 5.41) is 9.44. The van der Waals surface area contributed by atoms with Crippen molar-refractivity contribution in [1.29, 1.82) is 5.26 Å². The molecule has 196 valence electrons. The van der Waals surface area contributed by atoms with E-state index in [2.05, 4.69) is 14.9 Å². The number of likely N-dealkylation sites (tertiary alicyclic amines) is 1. The number of alkyl halides is 3. The van der Waals surface area contributed by atoms with Crippen LogP contribution in [0.3, 0.4) is 0 Å². The Kier molecular flexibility index (Phi) is 7.15. The second-order valence-corrected chi connectivity index (χ2v) is 9.73. The maximum absolute atomic E-state index is 14.0. The summed E-state index contributed by atoms with van der Waals surface area (Å²) < 4.78 is 49.1. The fourth-order valence-electron chi connectivity index (χ4n) is 4.66. The van der Waals surface area contributed by atoms with Crippen molar-refractivity contribution in [2.75, 3.05) is 33.3 Å². The molecular weight excluding hydrogens is 485 g/mol. The number of nitriles is 1. The second kappa shape index (κ2) is 10.0. The van der Waals surface area contributed by atoms with E-state index in [1.165, 1.54) is 23.4 Å². The van der Waals surface area contributed by atoms with Crippen LogP contribution in [0, 0.1) is 11.3 Å². The molecule has 0 atom stereocenters. The lowest BCUT2D eigenvalue weighted by Gasteiger charge is -2.37. The Labute approximate surface area is 213 Å². The van der Waals surface area contributed by atoms with Crippen LogP contribution in [0.25, 0.3) is 22.3 Å². The molecule has 3 aromatic rings. The smallest absolute Gasteiger partial charge is 0.419 e. The monoisotopic (exact) mass is 514 g/mol. The SMILES string of the molecule is CN(CCOc1ccc(-c2cc3c(ncn3C)c(C#N)n2)cc1C(F)(F)F)C(=O)C(C)(C)N1CCCC1. The van der Waals surface area contributed by atoms with Crippen LogP contribution < -0.4 is 4.74 Å². The van der Waals surface area contributed by atoms with Crippen LogP contribution in [0.4, 0.5) is 13.2 Å². The number of benzene rings is 1. The van der Waals surface area contributed by atoms with Gasteiger partial charge in [-0.05, 0) is 64.0 Å². The lowest BCUT2D eigenvalue weighted by atomic mass is 10.0. The minimum absolute atomic E-state index is 0.0338. The normalized spacial score (nSPS) is 14.6. The highest BCUT2D eigenvalue weighted by molar-refractivity contribution is 5.85. The van der Waals surface area contributed by atoms with Crippen molar-refractivity contribution in [2.45, 2.75) is 38.4 Å². The van der Waals surface area contributed by atoms with E-state index in [-0.39, 0.29) is 41.8 Å². The van der Waals surface area contributed by atoms with Crippen molar-refractivity contribution in [3.63, 3.8) is 0 Å². The predicted molar refractivity (Wildman–Crippen MR) is 132 cm³/mol. The first-order valence-electron chi connectivity index (χ1n) is 12.0. The third-order valence-corrected chi connectivity index (χ3v) is 6.85. The summed E-state index contributed by atoms with van der Waals surface area (Å²) in [5.74, 6) is -0.438. The molecule has 1 amide bonds. The number of hydrogen-bond acceptors (Lipinski definition) is 6. The number of rotatable bonds is 7. The number of aromatic nitrogens is 3. The summed E-state index contributed by atoms with van der Waals surface area (Å²) in [6.07, 6.45) is -1.07. The summed E-state index contributed by atoms with van der Waals surface area (Å²) in [4.78, 5) is 25.0. The molecule has 8 nitrogen and oxygen atoms in total. The third-order valence-electron chi connectivity index (χ3n) is 6.85. The topological polar surface area (TPSA) is 87.3 Å². The van der Waals surface area contributed by atoms with E-state index in [1.54, 1.807) is 24.7 Å². The number of carbonyl (C=O) groups is 1. The fraction of sp³-hybridized carbons (Fsp3) is 0.462. The van der Waals surface area contributed by atoms with Crippen LogP contribution >= 0.6 is 0 Å². The van der Waals surface area contributed by atoms with Gasteiger partial charge in [0.2, 0.25) is 5.91 Å². The lowest BCUT2D eigenvalue weighted by molar-refractivity contribution is -0.142. The molecule has 4 rings (SSSR count). The number of pyridine rings is 1. The van der Waals surface area contributed by atoms with Crippen LogP contribution in [-0.2, 0) is 18.0 Å². The van der Waals surface area contributed by atoms with Gasteiger partial charge in [0.25, 0.3) is 0 Å². The number of aryl methyl sites for hydroxylation is 1. The molecule has 0 N–H and O–H groups in total. The number of halogens is 3. The first kappa shape index (κ1) is 26.4. The minimum Gasteiger partial charge on any atom is -0.491 e. The summed E-state index contributed by atoms with van der Waals surface area (Å²) in [5.41, 5.74) is -0.225. The Morgan fingerprint density at radius 2 is 1.92 bits per heavy atom. The zero-order chi connectivity index (χ0) is 27.0. The Morgan fingerprint density at radius 3 is 2.57 bits per heavy atom. The van der Waals surface area contributed by atoms with E-state index in [0.717, 1.165) is 32.0 Å². The fourth-order valence-corrected chi connectivity index (χ4v) is 4.66. The highest BCUT2D eigenvalue weighted by Gasteiger charge is 2.38. The molecule has 2 aromatic heterocycles. The zero-order valence-electron chi connectivity index (χ0n) is 21.3. The molecule has 37 heavy (non-hydrogen) atoms. The van der Waals surface area contributed by atoms with E-state index in [4.69, 9.17) is 4.74 Å². The molecule has 3 heterocycles. The Morgan fingerprint density at radius 1 is 1.22 bits per heavy atom. The van der Waals surface area contributed by atoms with Crippen LogP contribution in [-0.4, -0.2) is 69.1 Å². The van der Waals surface area contributed by atoms with Crippen molar-refractivity contribution < 1.29 is 22.7 Å². The molecule has 0 bridgehead atoms. The number of ether oxygens (including phenoxy) is 1. The van der Waals surface area contributed by atoms with Gasteiger partial charge in [0.05, 0.1) is 35.2 Å². The van der Waals surface area contributed by atoms with Crippen LogP contribution in [0.5, 0.6) is 5.75 Å². The lowest BCUT2D eigenvalue weighted by Crippen LogP contribution is -2.54. The summed E-state index contributed by atoms with van der Waals surface area (Å²) in [7, 11) is 3.36. The number of amides is 1. The molecule has 1 aromatic carbocycles. The largest absolute Gasteiger partial charge is 0.491 e. The van der Waals surface area contributed by atoms with Gasteiger partial charge < -0.3 is 14.2 Å².